The van der Waals surface area contributed by atoms with Crippen LogP contribution >= 0.6 is 0 Å². The highest BCUT2D eigenvalue weighted by Crippen LogP contribution is 2.30. The molecule has 0 amide bonds. The van der Waals surface area contributed by atoms with E-state index < -0.39 is 23.2 Å². The highest BCUT2D eigenvalue weighted by atomic mass is 19.4. The lowest BCUT2D eigenvalue weighted by Crippen LogP contribution is -2.28. The fourth-order valence-corrected chi connectivity index (χ4v) is 1.64. The molecule has 0 aliphatic carbocycles. The van der Waals surface area contributed by atoms with Gasteiger partial charge in [0.25, 0.3) is 0 Å². The number of hydrogen-bond donors (Lipinski definition) is 0. The maximum atomic E-state index is 12.4. The number of carbonyl (C=O) groups excluding carboxylic acids is 1. The number of carbonyl (C=O) groups is 1. The number of esters is 1. The van der Waals surface area contributed by atoms with E-state index in [0.717, 1.165) is 12.1 Å². The van der Waals surface area contributed by atoms with Crippen LogP contribution in [0.25, 0.3) is 0 Å². The molecule has 0 N–H and O–H groups in total. The summed E-state index contributed by atoms with van der Waals surface area (Å²) >= 11 is 0. The van der Waals surface area contributed by atoms with Crippen LogP contribution in [0.1, 0.15) is 31.4 Å². The third kappa shape index (κ3) is 2.47. The van der Waals surface area contributed by atoms with Crippen LogP contribution in [0.5, 0.6) is 0 Å². The van der Waals surface area contributed by atoms with Gasteiger partial charge in [0.2, 0.25) is 5.90 Å². The predicted molar refractivity (Wildman–Crippen MR) is 62.8 cm³/mol. The number of nitrogens with zero attached hydrogens (tertiary/aromatic N) is 1. The van der Waals surface area contributed by atoms with Gasteiger partial charge < -0.3 is 4.74 Å². The summed E-state index contributed by atoms with van der Waals surface area (Å²) in [5.74, 6) is -0.409. The van der Waals surface area contributed by atoms with E-state index >= 15 is 0 Å². The van der Waals surface area contributed by atoms with E-state index in [1.807, 2.05) is 0 Å². The Labute approximate surface area is 108 Å². The Bertz CT molecular complexity index is 534. The molecule has 1 atom stereocenters. The second-order valence-electron chi connectivity index (χ2n) is 4.51. The topological polar surface area (TPSA) is 38.7 Å². The number of benzene rings is 1. The Morgan fingerprint density at radius 2 is 1.84 bits per heavy atom. The Balaban J connectivity index is 2.30. The Kier molecular flexibility index (Phi) is 3.12. The molecule has 1 heterocycles. The van der Waals surface area contributed by atoms with E-state index in [4.69, 9.17) is 4.74 Å². The number of rotatable bonds is 2. The summed E-state index contributed by atoms with van der Waals surface area (Å²) in [5, 5.41) is 0. The number of hydrogen-bond acceptors (Lipinski definition) is 3. The number of halogens is 3. The minimum absolute atomic E-state index is 0.0723. The molecular formula is C13H12F3NO2. The minimum atomic E-state index is -4.38. The van der Waals surface area contributed by atoms with Crippen molar-refractivity contribution in [1.29, 1.82) is 0 Å². The molecule has 6 heteroatoms. The van der Waals surface area contributed by atoms with Crippen LogP contribution in [0.2, 0.25) is 0 Å². The Morgan fingerprint density at radius 3 is 2.26 bits per heavy atom. The average Bonchev–Trinajstić information content (AvgIpc) is 2.66. The van der Waals surface area contributed by atoms with Gasteiger partial charge in [0.05, 0.1) is 5.56 Å². The molecule has 2 rings (SSSR count). The van der Waals surface area contributed by atoms with Crippen LogP contribution in [0.15, 0.2) is 29.3 Å². The smallest absolute Gasteiger partial charge is 0.405 e. The van der Waals surface area contributed by atoms with Gasteiger partial charge in [0, 0.05) is 5.56 Å². The molecule has 0 saturated carbocycles. The van der Waals surface area contributed by atoms with Crippen LogP contribution < -0.4 is 0 Å². The molecule has 3 nitrogen and oxygen atoms in total. The molecule has 1 aliphatic heterocycles. The first-order valence-electron chi connectivity index (χ1n) is 5.76. The molecule has 0 spiro atoms. The first kappa shape index (κ1) is 13.6. The summed E-state index contributed by atoms with van der Waals surface area (Å²) in [7, 11) is 0. The summed E-state index contributed by atoms with van der Waals surface area (Å²) in [5.41, 5.74) is -1.34. The third-order valence-corrected chi connectivity index (χ3v) is 3.13. The second kappa shape index (κ2) is 4.36. The lowest BCUT2D eigenvalue weighted by molar-refractivity contribution is -0.139. The van der Waals surface area contributed by atoms with Crippen molar-refractivity contribution in [3.05, 3.63) is 35.4 Å². The van der Waals surface area contributed by atoms with Crippen LogP contribution in [0.3, 0.4) is 0 Å². The highest BCUT2D eigenvalue weighted by molar-refractivity contribution is 6.07. The molecule has 1 aromatic carbocycles. The van der Waals surface area contributed by atoms with Crippen molar-refractivity contribution in [3.8, 4) is 0 Å². The van der Waals surface area contributed by atoms with E-state index in [0.29, 0.717) is 12.0 Å². The van der Waals surface area contributed by atoms with Crippen molar-refractivity contribution in [2.24, 2.45) is 4.99 Å². The van der Waals surface area contributed by atoms with E-state index in [1.165, 1.54) is 12.1 Å². The molecule has 19 heavy (non-hydrogen) atoms. The molecule has 0 saturated heterocycles. The summed E-state index contributed by atoms with van der Waals surface area (Å²) in [6, 6.07) is 4.37. The van der Waals surface area contributed by atoms with Gasteiger partial charge in [-0.2, -0.15) is 13.2 Å². The number of ether oxygens (including phenoxy) is 1. The normalized spacial score (nSPS) is 23.2. The Hall–Kier alpha value is -1.85. The minimum Gasteiger partial charge on any atom is -0.405 e. The zero-order valence-electron chi connectivity index (χ0n) is 10.4. The second-order valence-corrected chi connectivity index (χ2v) is 4.51. The largest absolute Gasteiger partial charge is 0.416 e. The molecule has 0 aromatic heterocycles. The summed E-state index contributed by atoms with van der Waals surface area (Å²) in [4.78, 5) is 15.8. The molecule has 0 radical (unpaired) electrons. The van der Waals surface area contributed by atoms with Crippen molar-refractivity contribution in [2.75, 3.05) is 0 Å². The molecular weight excluding hydrogens is 259 g/mol. The van der Waals surface area contributed by atoms with Gasteiger partial charge in [-0.1, -0.05) is 6.92 Å². The summed E-state index contributed by atoms with van der Waals surface area (Å²) < 4.78 is 42.3. The fourth-order valence-electron chi connectivity index (χ4n) is 1.64. The van der Waals surface area contributed by atoms with Crippen molar-refractivity contribution in [1.82, 2.24) is 0 Å². The van der Waals surface area contributed by atoms with Gasteiger partial charge in [-0.05, 0) is 37.6 Å². The van der Waals surface area contributed by atoms with Gasteiger partial charge >= 0.3 is 12.1 Å². The zero-order valence-corrected chi connectivity index (χ0v) is 10.4. The lowest BCUT2D eigenvalue weighted by Gasteiger charge is -2.11. The van der Waals surface area contributed by atoms with Gasteiger partial charge in [0.15, 0.2) is 5.54 Å². The van der Waals surface area contributed by atoms with Crippen LogP contribution in [-0.2, 0) is 15.7 Å². The first-order chi connectivity index (χ1) is 8.76. The van der Waals surface area contributed by atoms with E-state index in [-0.39, 0.29) is 5.90 Å². The van der Waals surface area contributed by atoms with Gasteiger partial charge in [-0.25, -0.2) is 9.79 Å². The SMILES string of the molecule is CCC1(C)N=C(c2ccc(C(F)(F)F)cc2)OC1=O. The molecule has 0 bridgehead atoms. The molecule has 1 aromatic rings. The monoisotopic (exact) mass is 271 g/mol. The fraction of sp³-hybridized carbons (Fsp3) is 0.385. The van der Waals surface area contributed by atoms with Crippen LogP contribution in [0, 0.1) is 0 Å². The maximum absolute atomic E-state index is 12.4. The average molecular weight is 271 g/mol. The molecule has 1 unspecified atom stereocenters. The summed E-state index contributed by atoms with van der Waals surface area (Å²) in [6.07, 6.45) is -3.92. The highest BCUT2D eigenvalue weighted by Gasteiger charge is 2.40. The van der Waals surface area contributed by atoms with Crippen molar-refractivity contribution in [3.63, 3.8) is 0 Å². The van der Waals surface area contributed by atoms with Gasteiger partial charge in [-0.15, -0.1) is 0 Å². The number of cyclic esters (lactones) is 1. The maximum Gasteiger partial charge on any atom is 0.416 e. The quantitative estimate of drug-likeness (QED) is 0.775. The van der Waals surface area contributed by atoms with E-state index in [2.05, 4.69) is 4.99 Å². The van der Waals surface area contributed by atoms with Crippen LogP contribution in [0.4, 0.5) is 13.2 Å². The first-order valence-corrected chi connectivity index (χ1v) is 5.76. The van der Waals surface area contributed by atoms with E-state index in [9.17, 15) is 18.0 Å². The Morgan fingerprint density at radius 1 is 1.26 bits per heavy atom. The van der Waals surface area contributed by atoms with Gasteiger partial charge in [0.1, 0.15) is 0 Å². The number of aliphatic imine (C=N–C) groups is 1. The van der Waals surface area contributed by atoms with Crippen molar-refractivity contribution in [2.45, 2.75) is 32.0 Å². The third-order valence-electron chi connectivity index (χ3n) is 3.13. The summed E-state index contributed by atoms with van der Waals surface area (Å²) in [6.45, 7) is 3.42. The molecule has 1 aliphatic rings. The molecule has 0 fully saturated rings. The predicted octanol–water partition coefficient (Wildman–Crippen LogP) is 3.18. The standard InChI is InChI=1S/C13H12F3NO2/c1-3-12(2)11(18)19-10(17-12)8-4-6-9(7-5-8)13(14,15)16/h4-7H,3H2,1-2H3. The van der Waals surface area contributed by atoms with E-state index in [1.54, 1.807) is 13.8 Å². The lowest BCUT2D eigenvalue weighted by atomic mass is 10.0. The zero-order chi connectivity index (χ0) is 14.3. The van der Waals surface area contributed by atoms with Crippen molar-refractivity contribution < 1.29 is 22.7 Å². The van der Waals surface area contributed by atoms with Crippen molar-refractivity contribution >= 4 is 11.9 Å². The number of alkyl halides is 3. The van der Waals surface area contributed by atoms with Gasteiger partial charge in [-0.3, -0.25) is 0 Å². The molecule has 102 valence electrons. The van der Waals surface area contributed by atoms with Crippen LogP contribution in [-0.4, -0.2) is 17.4 Å².